The van der Waals surface area contributed by atoms with E-state index in [2.05, 4.69) is 0 Å². The highest BCUT2D eigenvalue weighted by atomic mass is 16.1. The maximum Gasteiger partial charge on any atom is 0.173 e. The van der Waals surface area contributed by atoms with Crippen LogP contribution in [0.25, 0.3) is 0 Å². The van der Waals surface area contributed by atoms with Crippen LogP contribution in [-0.4, -0.2) is 11.6 Å². The average Bonchev–Trinajstić information content (AvgIpc) is 2.48. The zero-order valence-corrected chi connectivity index (χ0v) is 12.7. The fourth-order valence-corrected chi connectivity index (χ4v) is 2.61. The monoisotopic (exact) mass is 280 g/mol. The lowest BCUT2D eigenvalue weighted by atomic mass is 9.80. The van der Waals surface area contributed by atoms with Crippen molar-refractivity contribution in [2.75, 3.05) is 0 Å². The Morgan fingerprint density at radius 1 is 0.905 bits per heavy atom. The van der Waals surface area contributed by atoms with E-state index in [-0.39, 0.29) is 17.5 Å². The lowest BCUT2D eigenvalue weighted by molar-refractivity contribution is -0.119. The molecule has 2 nitrogen and oxygen atoms in total. The van der Waals surface area contributed by atoms with E-state index < -0.39 is 5.92 Å². The van der Waals surface area contributed by atoms with Gasteiger partial charge in [0, 0.05) is 5.56 Å². The first-order valence-electron chi connectivity index (χ1n) is 7.17. The van der Waals surface area contributed by atoms with Crippen molar-refractivity contribution in [3.8, 4) is 0 Å². The average molecular weight is 280 g/mol. The van der Waals surface area contributed by atoms with Gasteiger partial charge >= 0.3 is 0 Å². The van der Waals surface area contributed by atoms with Gasteiger partial charge in [-0.1, -0.05) is 67.1 Å². The molecular weight excluding hydrogens is 260 g/mol. The van der Waals surface area contributed by atoms with Gasteiger partial charge < -0.3 is 0 Å². The van der Waals surface area contributed by atoms with Crippen LogP contribution in [0.2, 0.25) is 0 Å². The van der Waals surface area contributed by atoms with Gasteiger partial charge in [-0.05, 0) is 25.3 Å². The van der Waals surface area contributed by atoms with Crippen LogP contribution >= 0.6 is 0 Å². The van der Waals surface area contributed by atoms with Crippen molar-refractivity contribution in [1.29, 1.82) is 0 Å². The number of hydrogen-bond acceptors (Lipinski definition) is 2. The van der Waals surface area contributed by atoms with E-state index in [4.69, 9.17) is 0 Å². The molecule has 21 heavy (non-hydrogen) atoms. The Morgan fingerprint density at radius 2 is 1.48 bits per heavy atom. The summed E-state index contributed by atoms with van der Waals surface area (Å²) in [5, 5.41) is 0. The number of carbonyl (C=O) groups is 2. The molecule has 0 bridgehead atoms. The highest BCUT2D eigenvalue weighted by Crippen LogP contribution is 2.28. The van der Waals surface area contributed by atoms with Crippen LogP contribution < -0.4 is 0 Å². The first-order valence-corrected chi connectivity index (χ1v) is 7.17. The minimum absolute atomic E-state index is 0.0862. The summed E-state index contributed by atoms with van der Waals surface area (Å²) >= 11 is 0. The molecule has 2 unspecified atom stereocenters. The summed E-state index contributed by atoms with van der Waals surface area (Å²) in [6.07, 6.45) is 0. The van der Waals surface area contributed by atoms with Gasteiger partial charge in [0.25, 0.3) is 0 Å². The number of rotatable bonds is 5. The number of Topliss-reactive ketones (excluding diaryl/α,β-unsaturated/α-hetero) is 2. The first kappa shape index (κ1) is 15.2. The molecular formula is C19H20O2. The number of hydrogen-bond donors (Lipinski definition) is 0. The van der Waals surface area contributed by atoms with Gasteiger partial charge in [-0.3, -0.25) is 9.59 Å². The molecule has 0 fully saturated rings. The smallest absolute Gasteiger partial charge is 0.173 e. The van der Waals surface area contributed by atoms with Crippen LogP contribution in [0.1, 0.15) is 41.3 Å². The van der Waals surface area contributed by atoms with Gasteiger partial charge in [0.15, 0.2) is 5.78 Å². The lowest BCUT2D eigenvalue weighted by Crippen LogP contribution is -2.27. The molecule has 0 saturated carbocycles. The van der Waals surface area contributed by atoms with Crippen molar-refractivity contribution in [2.24, 2.45) is 5.92 Å². The molecule has 0 spiro atoms. The molecule has 0 amide bonds. The van der Waals surface area contributed by atoms with E-state index in [1.807, 2.05) is 56.3 Å². The molecule has 2 rings (SSSR count). The Hall–Kier alpha value is -2.22. The molecule has 0 radical (unpaired) electrons. The first-order chi connectivity index (χ1) is 10.0. The third-order valence-electron chi connectivity index (χ3n) is 3.88. The zero-order chi connectivity index (χ0) is 15.4. The summed E-state index contributed by atoms with van der Waals surface area (Å²) in [6, 6.07) is 17.0. The second kappa shape index (κ2) is 6.49. The van der Waals surface area contributed by atoms with Crippen LogP contribution in [0.5, 0.6) is 0 Å². The predicted octanol–water partition coefficient (Wildman–Crippen LogP) is 4.19. The Labute approximate surface area is 125 Å². The van der Waals surface area contributed by atoms with Crippen LogP contribution in [0.15, 0.2) is 54.6 Å². The van der Waals surface area contributed by atoms with Gasteiger partial charge in [-0.25, -0.2) is 0 Å². The van der Waals surface area contributed by atoms with Gasteiger partial charge in [-0.2, -0.15) is 0 Å². The van der Waals surface area contributed by atoms with Crippen molar-refractivity contribution >= 4 is 11.6 Å². The van der Waals surface area contributed by atoms with Crippen LogP contribution in [0.4, 0.5) is 0 Å². The van der Waals surface area contributed by atoms with E-state index in [9.17, 15) is 9.59 Å². The Kier molecular flexibility index (Phi) is 4.69. The summed E-state index contributed by atoms with van der Waals surface area (Å²) in [5.74, 6) is -0.945. The maximum atomic E-state index is 12.6. The molecule has 0 aromatic heterocycles. The maximum absolute atomic E-state index is 12.6. The van der Waals surface area contributed by atoms with Crippen molar-refractivity contribution in [2.45, 2.75) is 26.7 Å². The minimum atomic E-state index is -0.630. The molecule has 0 N–H and O–H groups in total. The molecule has 0 aliphatic heterocycles. The summed E-state index contributed by atoms with van der Waals surface area (Å²) < 4.78 is 0. The van der Waals surface area contributed by atoms with Crippen LogP contribution in [0.3, 0.4) is 0 Å². The highest BCUT2D eigenvalue weighted by molar-refractivity contribution is 6.10. The summed E-state index contributed by atoms with van der Waals surface area (Å²) in [7, 11) is 0. The molecule has 2 aromatic rings. The highest BCUT2D eigenvalue weighted by Gasteiger charge is 2.30. The second-order valence-electron chi connectivity index (χ2n) is 5.52. The van der Waals surface area contributed by atoms with Gasteiger partial charge in [0.1, 0.15) is 5.78 Å². The molecule has 0 saturated heterocycles. The molecule has 2 heteroatoms. The summed E-state index contributed by atoms with van der Waals surface area (Å²) in [5.41, 5.74) is 2.78. The quantitative estimate of drug-likeness (QED) is 0.608. The molecule has 0 aliphatic rings. The Bertz CT molecular complexity index is 626. The number of aryl methyl sites for hydroxylation is 1. The van der Waals surface area contributed by atoms with E-state index >= 15 is 0 Å². The van der Waals surface area contributed by atoms with Crippen molar-refractivity contribution < 1.29 is 9.59 Å². The molecule has 108 valence electrons. The van der Waals surface area contributed by atoms with Crippen LogP contribution in [0, 0.1) is 12.8 Å². The normalized spacial score (nSPS) is 13.5. The predicted molar refractivity (Wildman–Crippen MR) is 84.5 cm³/mol. The van der Waals surface area contributed by atoms with Crippen molar-refractivity contribution in [3.05, 3.63) is 71.3 Å². The van der Waals surface area contributed by atoms with E-state index in [0.29, 0.717) is 5.56 Å². The Morgan fingerprint density at radius 3 is 2.00 bits per heavy atom. The van der Waals surface area contributed by atoms with Gasteiger partial charge in [0.2, 0.25) is 0 Å². The fraction of sp³-hybridized carbons (Fsp3) is 0.263. The van der Waals surface area contributed by atoms with E-state index in [1.165, 1.54) is 12.5 Å². The minimum Gasteiger partial charge on any atom is -0.299 e. The van der Waals surface area contributed by atoms with Crippen molar-refractivity contribution in [1.82, 2.24) is 0 Å². The third kappa shape index (κ3) is 3.46. The lowest BCUT2D eigenvalue weighted by Gasteiger charge is -2.21. The Balaban J connectivity index is 2.33. The van der Waals surface area contributed by atoms with E-state index in [1.54, 1.807) is 12.1 Å². The number of ketones is 2. The molecule has 0 aliphatic carbocycles. The third-order valence-corrected chi connectivity index (χ3v) is 3.88. The van der Waals surface area contributed by atoms with Gasteiger partial charge in [-0.15, -0.1) is 0 Å². The van der Waals surface area contributed by atoms with Crippen molar-refractivity contribution in [3.63, 3.8) is 0 Å². The zero-order valence-electron chi connectivity index (χ0n) is 12.7. The topological polar surface area (TPSA) is 34.1 Å². The van der Waals surface area contributed by atoms with Crippen LogP contribution in [-0.2, 0) is 4.79 Å². The number of benzene rings is 2. The molecule has 0 heterocycles. The SMILES string of the molecule is CC(=O)C(C(=O)c1ccccc1)C(C)c1ccc(C)cc1. The standard InChI is InChI=1S/C19H20O2/c1-13-9-11-16(12-10-13)14(2)18(15(3)20)19(21)17-7-5-4-6-8-17/h4-12,14,18H,1-3H3. The van der Waals surface area contributed by atoms with Gasteiger partial charge in [0.05, 0.1) is 5.92 Å². The summed E-state index contributed by atoms with van der Waals surface area (Å²) in [4.78, 5) is 24.7. The molecule has 2 aromatic carbocycles. The summed E-state index contributed by atoms with van der Waals surface area (Å²) in [6.45, 7) is 5.46. The fourth-order valence-electron chi connectivity index (χ4n) is 2.61. The number of carbonyl (C=O) groups excluding carboxylic acids is 2. The second-order valence-corrected chi connectivity index (χ2v) is 5.52. The largest absolute Gasteiger partial charge is 0.299 e. The molecule has 2 atom stereocenters. The van der Waals surface area contributed by atoms with E-state index in [0.717, 1.165) is 5.56 Å².